The Morgan fingerprint density at radius 3 is 1.33 bits per heavy atom. The van der Waals surface area contributed by atoms with E-state index in [1.807, 2.05) is 0 Å². The van der Waals surface area contributed by atoms with Gasteiger partial charge in [-0.2, -0.15) is 0 Å². The smallest absolute Gasteiger partial charge is 0.213 e. The van der Waals surface area contributed by atoms with E-state index >= 15 is 0 Å². The lowest BCUT2D eigenvalue weighted by atomic mass is 10.0. The van der Waals surface area contributed by atoms with Crippen LogP contribution in [0.2, 0.25) is 0 Å². The third kappa shape index (κ3) is 5.14. The summed E-state index contributed by atoms with van der Waals surface area (Å²) in [6.45, 7) is 0. The first-order chi connectivity index (χ1) is 29.8. The second-order valence-electron chi connectivity index (χ2n) is 15.7. The van der Waals surface area contributed by atoms with Gasteiger partial charge in [0.15, 0.2) is 8.07 Å². The minimum absolute atomic E-state index is 0.871. The summed E-state index contributed by atoms with van der Waals surface area (Å²) in [6.07, 6.45) is 0. The summed E-state index contributed by atoms with van der Waals surface area (Å²) < 4.78 is 11.3. The molecule has 3 nitrogen and oxygen atoms in total. The molecule has 9 aromatic carbocycles. The van der Waals surface area contributed by atoms with E-state index in [4.69, 9.17) is 4.42 Å². The van der Waals surface area contributed by atoms with E-state index < -0.39 is 8.07 Å². The minimum Gasteiger partial charge on any atom is -0.439 e. The Labute approximate surface area is 348 Å². The van der Waals surface area contributed by atoms with Crippen molar-refractivity contribution in [2.24, 2.45) is 0 Å². The average molecular weight is 783 g/mol. The molecule has 60 heavy (non-hydrogen) atoms. The summed E-state index contributed by atoms with van der Waals surface area (Å²) in [5.41, 5.74) is 9.91. The van der Waals surface area contributed by atoms with Crippen molar-refractivity contribution < 1.29 is 4.42 Å². The van der Waals surface area contributed by atoms with Gasteiger partial charge in [0.2, 0.25) is 5.71 Å². The van der Waals surface area contributed by atoms with Gasteiger partial charge in [-0.15, -0.1) is 0 Å². The number of nitrogens with zero attached hydrogens (tertiary/aromatic N) is 2. The Hall–Kier alpha value is -7.66. The van der Waals surface area contributed by atoms with Gasteiger partial charge >= 0.3 is 0 Å². The van der Waals surface area contributed by atoms with E-state index in [0.717, 1.165) is 44.5 Å². The molecule has 0 unspecified atom stereocenters. The Bertz CT molecular complexity index is 3420. The Balaban J connectivity index is 1.01. The zero-order chi connectivity index (χ0) is 39.6. The van der Waals surface area contributed by atoms with Gasteiger partial charge in [-0.05, 0) is 86.5 Å². The minimum atomic E-state index is -2.80. The number of hydrogen-bond donors (Lipinski definition) is 0. The average Bonchev–Trinajstić information content (AvgIpc) is 3.97. The van der Waals surface area contributed by atoms with E-state index in [0.29, 0.717) is 0 Å². The van der Waals surface area contributed by atoms with E-state index in [9.17, 15) is 0 Å². The molecule has 0 amide bonds. The van der Waals surface area contributed by atoms with E-state index in [1.165, 1.54) is 53.5 Å². The highest BCUT2D eigenvalue weighted by molar-refractivity contribution is 7.19. The number of fused-ring (bicyclic) bond motifs is 8. The molecule has 0 spiro atoms. The zero-order valence-corrected chi connectivity index (χ0v) is 33.7. The van der Waals surface area contributed by atoms with Crippen LogP contribution < -0.4 is 20.7 Å². The topological polar surface area (TPSA) is 23.0 Å². The van der Waals surface area contributed by atoms with Crippen LogP contribution in [0.4, 0.5) is 0 Å². The molecule has 282 valence electrons. The van der Waals surface area contributed by atoms with Gasteiger partial charge in [0.25, 0.3) is 0 Å². The lowest BCUT2D eigenvalue weighted by Gasteiger charge is -2.34. The molecule has 0 saturated heterocycles. The summed E-state index contributed by atoms with van der Waals surface area (Å²) in [6, 6.07) is 84.4. The van der Waals surface area contributed by atoms with E-state index in [-0.39, 0.29) is 0 Å². The molecule has 0 saturated carbocycles. The van der Waals surface area contributed by atoms with Crippen molar-refractivity contribution >= 4 is 83.6 Å². The van der Waals surface area contributed by atoms with Crippen molar-refractivity contribution in [2.75, 3.05) is 0 Å². The van der Waals surface area contributed by atoms with Crippen molar-refractivity contribution in [3.63, 3.8) is 0 Å². The van der Waals surface area contributed by atoms with Gasteiger partial charge in [0.05, 0.1) is 21.9 Å². The maximum absolute atomic E-state index is 6.67. The predicted octanol–water partition coefficient (Wildman–Crippen LogP) is 11.7. The second kappa shape index (κ2) is 13.7. The van der Waals surface area contributed by atoms with Crippen LogP contribution in [-0.4, -0.2) is 17.2 Å². The number of aromatic nitrogens is 2. The third-order valence-corrected chi connectivity index (χ3v) is 17.3. The summed E-state index contributed by atoms with van der Waals surface area (Å²) in [7, 11) is -2.80. The van der Waals surface area contributed by atoms with Crippen LogP contribution in [0.5, 0.6) is 0 Å². The molecular formula is C56H38N2OSi. The highest BCUT2D eigenvalue weighted by Gasteiger charge is 2.41. The molecule has 0 bridgehead atoms. The lowest BCUT2D eigenvalue weighted by Crippen LogP contribution is -2.74. The van der Waals surface area contributed by atoms with Gasteiger partial charge in [-0.25, -0.2) is 0 Å². The normalized spacial score (nSPS) is 12.0. The summed E-state index contributed by atoms with van der Waals surface area (Å²) in [4.78, 5) is 0. The molecule has 3 aromatic heterocycles. The van der Waals surface area contributed by atoms with Crippen LogP contribution in [0.3, 0.4) is 0 Å². The largest absolute Gasteiger partial charge is 0.439 e. The molecule has 4 heteroatoms. The molecule has 0 N–H and O–H groups in total. The van der Waals surface area contributed by atoms with Crippen molar-refractivity contribution in [3.05, 3.63) is 231 Å². The van der Waals surface area contributed by atoms with Crippen molar-refractivity contribution in [3.8, 4) is 22.5 Å². The highest BCUT2D eigenvalue weighted by atomic mass is 28.3. The Kier molecular flexibility index (Phi) is 7.87. The van der Waals surface area contributed by atoms with Gasteiger partial charge < -0.3 is 8.98 Å². The first kappa shape index (κ1) is 34.4. The summed E-state index contributed by atoms with van der Waals surface area (Å²) in [5.74, 6) is 0. The molecule has 0 aliphatic heterocycles. The standard InChI is InChI=1S/C56H38N2OSi/c1-4-16-41(17-5-1)58-53-27-15-12-24-49(53)55-50-38-40(30-37-54(50)59-56(55)58)39-28-33-45(34-29-39)60(43-18-6-2-7-19-43,44-20-8-3-9-21-44)46-35-31-42(32-36-46)57-51-25-13-10-22-47(51)48-23-11-14-26-52(48)57/h1-38H. The fraction of sp³-hybridized carbons (Fsp3) is 0. The SMILES string of the molecule is c1ccc(-n2c3ccccc3c3c4cc(-c5ccc([Si](c6ccccc6)(c6ccccc6)c6ccc(-n7c8ccccc8c8ccccc87)cc6)cc5)ccc4oc32)cc1. The van der Waals surface area contributed by atoms with Crippen LogP contribution >= 0.6 is 0 Å². The molecular weight excluding hydrogens is 745 g/mol. The van der Waals surface area contributed by atoms with Crippen LogP contribution in [0.15, 0.2) is 235 Å². The lowest BCUT2D eigenvalue weighted by molar-refractivity contribution is 0.645. The molecule has 12 aromatic rings. The highest BCUT2D eigenvalue weighted by Crippen LogP contribution is 2.40. The third-order valence-electron chi connectivity index (χ3n) is 12.5. The maximum Gasteiger partial charge on any atom is 0.213 e. The fourth-order valence-electron chi connectivity index (χ4n) is 9.86. The first-order valence-corrected chi connectivity index (χ1v) is 22.6. The van der Waals surface area contributed by atoms with Gasteiger partial charge in [-0.1, -0.05) is 176 Å². The molecule has 0 radical (unpaired) electrons. The van der Waals surface area contributed by atoms with Gasteiger partial charge in [0, 0.05) is 32.9 Å². The monoisotopic (exact) mass is 782 g/mol. The fourth-order valence-corrected chi connectivity index (χ4v) is 14.6. The molecule has 12 rings (SSSR count). The molecule has 0 aliphatic carbocycles. The molecule has 3 heterocycles. The van der Waals surface area contributed by atoms with Crippen LogP contribution in [-0.2, 0) is 0 Å². The number of rotatable bonds is 7. The zero-order valence-electron chi connectivity index (χ0n) is 32.7. The van der Waals surface area contributed by atoms with Crippen molar-refractivity contribution in [1.29, 1.82) is 0 Å². The second-order valence-corrected chi connectivity index (χ2v) is 19.5. The van der Waals surface area contributed by atoms with E-state index in [2.05, 4.69) is 240 Å². The van der Waals surface area contributed by atoms with Crippen LogP contribution in [0.25, 0.3) is 77.3 Å². The Morgan fingerprint density at radius 2 is 0.750 bits per heavy atom. The molecule has 0 atom stereocenters. The summed E-state index contributed by atoms with van der Waals surface area (Å²) >= 11 is 0. The number of furan rings is 1. The number of hydrogen-bond acceptors (Lipinski definition) is 1. The molecule has 0 aliphatic rings. The van der Waals surface area contributed by atoms with E-state index in [1.54, 1.807) is 0 Å². The maximum atomic E-state index is 6.67. The first-order valence-electron chi connectivity index (χ1n) is 20.6. The predicted molar refractivity (Wildman–Crippen MR) is 254 cm³/mol. The quantitative estimate of drug-likeness (QED) is 0.117. The summed E-state index contributed by atoms with van der Waals surface area (Å²) in [5, 5.41) is 11.4. The van der Waals surface area contributed by atoms with Gasteiger partial charge in [-0.3, -0.25) is 4.57 Å². The van der Waals surface area contributed by atoms with Crippen molar-refractivity contribution in [1.82, 2.24) is 9.13 Å². The van der Waals surface area contributed by atoms with Crippen LogP contribution in [0.1, 0.15) is 0 Å². The molecule has 0 fully saturated rings. The number of benzene rings is 9. The van der Waals surface area contributed by atoms with Gasteiger partial charge in [0.1, 0.15) is 5.58 Å². The number of para-hydroxylation sites is 4. The van der Waals surface area contributed by atoms with Crippen molar-refractivity contribution in [2.45, 2.75) is 0 Å². The van der Waals surface area contributed by atoms with Crippen LogP contribution in [0, 0.1) is 0 Å². The Morgan fingerprint density at radius 1 is 0.317 bits per heavy atom.